The summed E-state index contributed by atoms with van der Waals surface area (Å²) in [5.74, 6) is -0.0735. The van der Waals surface area contributed by atoms with Gasteiger partial charge in [-0.3, -0.25) is 14.5 Å². The minimum Gasteiger partial charge on any atom is -0.493 e. The lowest BCUT2D eigenvalue weighted by atomic mass is 9.83. The Hall–Kier alpha value is -4.12. The first-order chi connectivity index (χ1) is 22.1. The van der Waals surface area contributed by atoms with E-state index in [4.69, 9.17) is 18.6 Å². The maximum absolute atomic E-state index is 14.4. The molecule has 248 valence electrons. The number of carbonyl (C=O) groups excluding carboxylic acids is 1. The van der Waals surface area contributed by atoms with E-state index in [1.807, 2.05) is 17.9 Å². The number of benzene rings is 2. The molecule has 0 spiro atoms. The first-order valence-electron chi connectivity index (χ1n) is 16.1. The van der Waals surface area contributed by atoms with Gasteiger partial charge in [-0.1, -0.05) is 26.7 Å². The molecule has 2 aromatic carbocycles. The van der Waals surface area contributed by atoms with Crippen molar-refractivity contribution in [1.29, 1.82) is 0 Å². The number of rotatable bonds is 14. The molecule has 1 amide bonds. The Morgan fingerprint density at radius 3 is 2.54 bits per heavy atom. The Labute approximate surface area is 269 Å². The number of aromatic nitrogens is 1. The van der Waals surface area contributed by atoms with Gasteiger partial charge in [-0.25, -0.2) is 9.37 Å². The van der Waals surface area contributed by atoms with E-state index < -0.39 is 23.8 Å². The molecule has 11 heteroatoms. The normalized spacial score (nSPS) is 19.2. The van der Waals surface area contributed by atoms with E-state index in [2.05, 4.69) is 18.8 Å². The maximum Gasteiger partial charge on any atom is 0.308 e. The molecular weight excluding hydrogens is 593 g/mol. The molecule has 1 saturated heterocycles. The highest BCUT2D eigenvalue weighted by Crippen LogP contribution is 2.47. The zero-order valence-electron chi connectivity index (χ0n) is 27.3. The maximum atomic E-state index is 14.4. The summed E-state index contributed by atoms with van der Waals surface area (Å²) < 4.78 is 36.9. The van der Waals surface area contributed by atoms with Crippen molar-refractivity contribution in [1.82, 2.24) is 9.88 Å². The molecule has 0 saturated carbocycles. The van der Waals surface area contributed by atoms with Gasteiger partial charge in [-0.05, 0) is 74.6 Å². The van der Waals surface area contributed by atoms with Crippen molar-refractivity contribution in [3.8, 4) is 17.2 Å². The van der Waals surface area contributed by atoms with Gasteiger partial charge in [0.25, 0.3) is 0 Å². The van der Waals surface area contributed by atoms with Crippen molar-refractivity contribution >= 4 is 17.6 Å². The average molecular weight is 638 g/mol. The number of amides is 1. The predicted molar refractivity (Wildman–Crippen MR) is 170 cm³/mol. The lowest BCUT2D eigenvalue weighted by molar-refractivity contribution is -0.143. The van der Waals surface area contributed by atoms with Crippen LogP contribution in [0.2, 0.25) is 0 Å². The van der Waals surface area contributed by atoms with Crippen LogP contribution in [0.1, 0.15) is 74.6 Å². The number of likely N-dealkylation sites (tertiary alicyclic amines) is 1. The molecule has 2 aliphatic heterocycles. The Balaban J connectivity index is 1.51. The quantitative estimate of drug-likeness (QED) is 0.218. The van der Waals surface area contributed by atoms with Crippen LogP contribution in [-0.4, -0.2) is 65.9 Å². The van der Waals surface area contributed by atoms with Gasteiger partial charge >= 0.3 is 5.97 Å². The number of hydrogen-bond donors (Lipinski definition) is 1. The van der Waals surface area contributed by atoms with Gasteiger partial charge in [-0.15, -0.1) is 0 Å². The number of carboxylic acids is 1. The number of halogens is 1. The van der Waals surface area contributed by atoms with Crippen LogP contribution in [0.5, 0.6) is 17.2 Å². The summed E-state index contributed by atoms with van der Waals surface area (Å²) in [6, 6.07) is 7.83. The molecule has 0 radical (unpaired) electrons. The lowest BCUT2D eigenvalue weighted by Gasteiger charge is -2.35. The third-order valence-electron chi connectivity index (χ3n) is 9.10. The van der Waals surface area contributed by atoms with Gasteiger partial charge in [0, 0.05) is 36.7 Å². The van der Waals surface area contributed by atoms with Gasteiger partial charge in [0.1, 0.15) is 11.6 Å². The third-order valence-corrected chi connectivity index (χ3v) is 9.10. The van der Waals surface area contributed by atoms with Crippen molar-refractivity contribution in [2.75, 3.05) is 31.9 Å². The average Bonchev–Trinajstić information content (AvgIpc) is 3.76. The minimum atomic E-state index is -0.953. The standard InChI is InChI=1S/C35H44FN3O7/c1-6-8-24(9-7-2)39(25-10-11-27(36)21(3)14-25)32(40)19-38-18-26(23-15-29(43-5)34-30(16-23)44-20-45-34)33(35(41)42)28(38)12-13-31-37-17-22(4)46-31/h10-11,14-17,24,26,28,33H,6-9,12-13,18-20H2,1-5H3,(H,41,42)/t26-,28+,33?/m1/s1. The van der Waals surface area contributed by atoms with Crippen LogP contribution in [0.25, 0.3) is 0 Å². The van der Waals surface area contributed by atoms with Crippen molar-refractivity contribution in [2.24, 2.45) is 5.92 Å². The summed E-state index contributed by atoms with van der Waals surface area (Å²) in [5.41, 5.74) is 1.85. The molecule has 1 N–H and O–H groups in total. The van der Waals surface area contributed by atoms with Gasteiger partial charge in [-0.2, -0.15) is 0 Å². The number of carboxylic acid groups (broad SMARTS) is 1. The Morgan fingerprint density at radius 2 is 1.91 bits per heavy atom. The highest BCUT2D eigenvalue weighted by Gasteiger charge is 2.48. The Kier molecular flexibility index (Phi) is 10.5. The van der Waals surface area contributed by atoms with Crippen molar-refractivity contribution in [2.45, 2.75) is 84.2 Å². The van der Waals surface area contributed by atoms with Gasteiger partial charge < -0.3 is 28.6 Å². The molecule has 2 aliphatic rings. The second-order valence-corrected chi connectivity index (χ2v) is 12.3. The highest BCUT2D eigenvalue weighted by molar-refractivity contribution is 5.95. The molecule has 5 rings (SSSR count). The number of hydrogen-bond acceptors (Lipinski definition) is 8. The van der Waals surface area contributed by atoms with E-state index in [1.165, 1.54) is 13.2 Å². The van der Waals surface area contributed by atoms with Gasteiger partial charge in [0.15, 0.2) is 17.4 Å². The number of fused-ring (bicyclic) bond motifs is 1. The smallest absolute Gasteiger partial charge is 0.308 e. The lowest BCUT2D eigenvalue weighted by Crippen LogP contribution is -2.48. The Bertz CT molecular complexity index is 1540. The number of aliphatic carboxylic acids is 1. The third kappa shape index (κ3) is 6.99. The monoisotopic (exact) mass is 637 g/mol. The topological polar surface area (TPSA) is 115 Å². The number of aryl methyl sites for hydroxylation is 3. The van der Waals surface area contributed by atoms with E-state index in [1.54, 1.807) is 36.2 Å². The highest BCUT2D eigenvalue weighted by atomic mass is 19.1. The molecule has 1 aromatic heterocycles. The largest absolute Gasteiger partial charge is 0.493 e. The van der Waals surface area contributed by atoms with Crippen molar-refractivity contribution in [3.63, 3.8) is 0 Å². The van der Waals surface area contributed by atoms with Crippen LogP contribution in [0.15, 0.2) is 40.9 Å². The molecule has 1 unspecified atom stereocenters. The predicted octanol–water partition coefficient (Wildman–Crippen LogP) is 6.27. The van der Waals surface area contributed by atoms with Crippen molar-refractivity contribution < 1.29 is 37.7 Å². The molecule has 0 bridgehead atoms. The SMILES string of the molecule is CCCC(CCC)N(C(=O)CN1C[C@H](c2cc(OC)c3c(c2)OCO3)C(C(=O)O)[C@@H]1CCc1ncc(C)o1)c1ccc(F)c(C)c1. The summed E-state index contributed by atoms with van der Waals surface area (Å²) in [6.45, 7) is 8.05. The summed E-state index contributed by atoms with van der Waals surface area (Å²) in [4.78, 5) is 35.6. The van der Waals surface area contributed by atoms with Crippen LogP contribution >= 0.6 is 0 Å². The van der Waals surface area contributed by atoms with E-state index in [0.717, 1.165) is 31.2 Å². The fourth-order valence-corrected chi connectivity index (χ4v) is 7.00. The molecule has 1 fully saturated rings. The first kappa shape index (κ1) is 33.2. The summed E-state index contributed by atoms with van der Waals surface area (Å²) >= 11 is 0. The van der Waals surface area contributed by atoms with Crippen LogP contribution in [0.4, 0.5) is 10.1 Å². The molecular formula is C35H44FN3O7. The molecule has 3 atom stereocenters. The van der Waals surface area contributed by atoms with E-state index in [0.29, 0.717) is 59.5 Å². The number of ether oxygens (including phenoxy) is 3. The number of carbonyl (C=O) groups is 2. The van der Waals surface area contributed by atoms with E-state index >= 15 is 0 Å². The minimum absolute atomic E-state index is 0.00238. The second-order valence-electron chi connectivity index (χ2n) is 12.3. The van der Waals surface area contributed by atoms with Crippen LogP contribution in [-0.2, 0) is 16.0 Å². The number of nitrogens with zero attached hydrogens (tertiary/aromatic N) is 3. The van der Waals surface area contributed by atoms with Gasteiger partial charge in [0.05, 0.1) is 25.8 Å². The molecule has 0 aliphatic carbocycles. The zero-order chi connectivity index (χ0) is 33.0. The molecule has 3 aromatic rings. The number of anilines is 1. The fraction of sp³-hybridized carbons (Fsp3) is 0.514. The second kappa shape index (κ2) is 14.5. The van der Waals surface area contributed by atoms with Crippen molar-refractivity contribution in [3.05, 3.63) is 65.1 Å². The van der Waals surface area contributed by atoms with Crippen LogP contribution in [0.3, 0.4) is 0 Å². The van der Waals surface area contributed by atoms with Crippen LogP contribution in [0, 0.1) is 25.6 Å². The Morgan fingerprint density at radius 1 is 1.15 bits per heavy atom. The molecule has 10 nitrogen and oxygen atoms in total. The number of methoxy groups -OCH3 is 1. The zero-order valence-corrected chi connectivity index (χ0v) is 27.3. The first-order valence-corrected chi connectivity index (χ1v) is 16.1. The van der Waals surface area contributed by atoms with E-state index in [9.17, 15) is 19.1 Å². The molecule has 3 heterocycles. The fourth-order valence-electron chi connectivity index (χ4n) is 7.00. The summed E-state index contributed by atoms with van der Waals surface area (Å²) in [7, 11) is 1.53. The van der Waals surface area contributed by atoms with Gasteiger partial charge in [0.2, 0.25) is 18.4 Å². The molecule has 46 heavy (non-hydrogen) atoms. The van der Waals surface area contributed by atoms with E-state index in [-0.39, 0.29) is 31.1 Å². The summed E-state index contributed by atoms with van der Waals surface area (Å²) in [5, 5.41) is 10.7. The van der Waals surface area contributed by atoms with Crippen LogP contribution < -0.4 is 19.1 Å². The number of oxazole rings is 1. The summed E-state index contributed by atoms with van der Waals surface area (Å²) in [6.07, 6.45) is 5.83.